The van der Waals surface area contributed by atoms with E-state index in [-0.39, 0.29) is 0 Å². The minimum absolute atomic E-state index is 0.529. The highest BCUT2D eigenvalue weighted by molar-refractivity contribution is 7.09. The van der Waals surface area contributed by atoms with Crippen LogP contribution in [0.5, 0.6) is 0 Å². The van der Waals surface area contributed by atoms with Gasteiger partial charge in [0, 0.05) is 17.4 Å². The highest BCUT2D eigenvalue weighted by Crippen LogP contribution is 2.24. The summed E-state index contributed by atoms with van der Waals surface area (Å²) in [5.41, 5.74) is 1.80. The Morgan fingerprint density at radius 2 is 2.19 bits per heavy atom. The molecule has 86 valence electrons. The molecule has 16 heavy (non-hydrogen) atoms. The highest BCUT2D eigenvalue weighted by atomic mass is 32.1. The fourth-order valence-electron chi connectivity index (χ4n) is 1.79. The molecule has 0 fully saturated rings. The summed E-state index contributed by atoms with van der Waals surface area (Å²) >= 11 is 1.61. The first-order chi connectivity index (χ1) is 7.56. The van der Waals surface area contributed by atoms with Gasteiger partial charge in [0.15, 0.2) is 0 Å². The van der Waals surface area contributed by atoms with Gasteiger partial charge >= 0.3 is 0 Å². The summed E-state index contributed by atoms with van der Waals surface area (Å²) in [6.45, 7) is 5.72. The lowest BCUT2D eigenvalue weighted by atomic mass is 10.1. The number of nitrogens with zero attached hydrogens (tertiary/aromatic N) is 1. The van der Waals surface area contributed by atoms with Gasteiger partial charge < -0.3 is 9.52 Å². The molecule has 3 nitrogen and oxygen atoms in total. The van der Waals surface area contributed by atoms with Gasteiger partial charge in [-0.2, -0.15) is 0 Å². The van der Waals surface area contributed by atoms with Crippen LogP contribution in [0.15, 0.2) is 15.9 Å². The Morgan fingerprint density at radius 1 is 1.44 bits per heavy atom. The number of furan rings is 1. The first-order valence-corrected chi connectivity index (χ1v) is 6.10. The van der Waals surface area contributed by atoms with Crippen LogP contribution in [0, 0.1) is 20.8 Å². The van der Waals surface area contributed by atoms with E-state index in [1.54, 1.807) is 11.3 Å². The van der Waals surface area contributed by atoms with Crippen molar-refractivity contribution < 1.29 is 9.52 Å². The highest BCUT2D eigenvalue weighted by Gasteiger charge is 2.16. The van der Waals surface area contributed by atoms with Gasteiger partial charge in [0.05, 0.1) is 16.8 Å². The van der Waals surface area contributed by atoms with E-state index < -0.39 is 6.10 Å². The van der Waals surface area contributed by atoms with E-state index in [1.165, 1.54) is 0 Å². The molecule has 0 bridgehead atoms. The van der Waals surface area contributed by atoms with Crippen molar-refractivity contribution in [3.63, 3.8) is 0 Å². The summed E-state index contributed by atoms with van der Waals surface area (Å²) in [4.78, 5) is 4.34. The van der Waals surface area contributed by atoms with Crippen molar-refractivity contribution in [2.75, 3.05) is 0 Å². The molecule has 2 heterocycles. The van der Waals surface area contributed by atoms with E-state index in [9.17, 15) is 5.11 Å². The summed E-state index contributed by atoms with van der Waals surface area (Å²) in [6, 6.07) is 1.89. The Bertz CT molecular complexity index is 487. The number of rotatable bonds is 3. The maximum Gasteiger partial charge on any atom is 0.106 e. The predicted octanol–water partition coefficient (Wildman–Crippen LogP) is 2.94. The third-order valence-electron chi connectivity index (χ3n) is 2.51. The second-order valence-electron chi connectivity index (χ2n) is 3.95. The van der Waals surface area contributed by atoms with Crippen molar-refractivity contribution in [2.24, 2.45) is 0 Å². The number of aliphatic hydroxyl groups is 1. The molecule has 1 N–H and O–H groups in total. The molecule has 0 aromatic carbocycles. The maximum atomic E-state index is 10.1. The molecule has 2 aromatic heterocycles. The summed E-state index contributed by atoms with van der Waals surface area (Å²) in [5, 5.41) is 13.1. The number of hydrogen-bond acceptors (Lipinski definition) is 4. The first kappa shape index (κ1) is 11.4. The van der Waals surface area contributed by atoms with Gasteiger partial charge in [-0.25, -0.2) is 4.98 Å². The van der Waals surface area contributed by atoms with Gasteiger partial charge in [-0.05, 0) is 26.8 Å². The number of aryl methyl sites for hydroxylation is 3. The van der Waals surface area contributed by atoms with Crippen LogP contribution < -0.4 is 0 Å². The van der Waals surface area contributed by atoms with Crippen LogP contribution in [0.2, 0.25) is 0 Å². The van der Waals surface area contributed by atoms with Crippen LogP contribution in [-0.2, 0) is 6.42 Å². The van der Waals surface area contributed by atoms with E-state index in [1.807, 2.05) is 32.2 Å². The lowest BCUT2D eigenvalue weighted by molar-refractivity contribution is 0.175. The summed E-state index contributed by atoms with van der Waals surface area (Å²) < 4.78 is 5.40. The zero-order chi connectivity index (χ0) is 11.7. The van der Waals surface area contributed by atoms with Crippen molar-refractivity contribution in [1.29, 1.82) is 0 Å². The molecular weight excluding hydrogens is 222 g/mol. The minimum atomic E-state index is -0.529. The van der Waals surface area contributed by atoms with Gasteiger partial charge in [0.1, 0.15) is 11.5 Å². The van der Waals surface area contributed by atoms with Crippen molar-refractivity contribution in [3.05, 3.63) is 39.2 Å². The molecule has 0 saturated carbocycles. The molecule has 2 aromatic rings. The Hall–Kier alpha value is -1.13. The molecule has 1 atom stereocenters. The predicted molar refractivity (Wildman–Crippen MR) is 63.7 cm³/mol. The van der Waals surface area contributed by atoms with Crippen LogP contribution in [0.25, 0.3) is 0 Å². The molecule has 4 heteroatoms. The maximum absolute atomic E-state index is 10.1. The molecule has 0 aliphatic rings. The zero-order valence-electron chi connectivity index (χ0n) is 9.65. The monoisotopic (exact) mass is 237 g/mol. The van der Waals surface area contributed by atoms with E-state index >= 15 is 0 Å². The molecule has 0 spiro atoms. The SMILES string of the molecule is Cc1cc(C(O)Cc2csc(C)n2)c(C)o1. The average Bonchev–Trinajstić information content (AvgIpc) is 2.73. The van der Waals surface area contributed by atoms with Gasteiger partial charge in [-0.1, -0.05) is 0 Å². The quantitative estimate of drug-likeness (QED) is 0.892. The minimum Gasteiger partial charge on any atom is -0.466 e. The van der Waals surface area contributed by atoms with Crippen molar-refractivity contribution in [1.82, 2.24) is 4.98 Å². The summed E-state index contributed by atoms with van der Waals surface area (Å²) in [6.07, 6.45) is 0.0170. The van der Waals surface area contributed by atoms with Crippen LogP contribution >= 0.6 is 11.3 Å². The van der Waals surface area contributed by atoms with Crippen LogP contribution in [-0.4, -0.2) is 10.1 Å². The Morgan fingerprint density at radius 3 is 2.69 bits per heavy atom. The third-order valence-corrected chi connectivity index (χ3v) is 3.33. The normalized spacial score (nSPS) is 13.0. The first-order valence-electron chi connectivity index (χ1n) is 5.22. The Balaban J connectivity index is 2.14. The molecular formula is C12H15NO2S. The van der Waals surface area contributed by atoms with Crippen molar-refractivity contribution in [2.45, 2.75) is 33.3 Å². The zero-order valence-corrected chi connectivity index (χ0v) is 10.5. The number of thiazole rings is 1. The Kier molecular flexibility index (Phi) is 3.12. The van der Waals surface area contributed by atoms with Gasteiger partial charge in [-0.15, -0.1) is 11.3 Å². The lowest BCUT2D eigenvalue weighted by Gasteiger charge is -2.07. The van der Waals surface area contributed by atoms with Gasteiger partial charge in [0.25, 0.3) is 0 Å². The fourth-order valence-corrected chi connectivity index (χ4v) is 2.42. The lowest BCUT2D eigenvalue weighted by Crippen LogP contribution is -2.02. The molecule has 2 rings (SSSR count). The molecule has 0 aliphatic heterocycles. The van der Waals surface area contributed by atoms with Crippen LogP contribution in [0.1, 0.15) is 33.9 Å². The van der Waals surface area contributed by atoms with Crippen LogP contribution in [0.4, 0.5) is 0 Å². The molecule has 0 radical (unpaired) electrons. The molecule has 0 amide bonds. The molecule has 0 saturated heterocycles. The van der Waals surface area contributed by atoms with Crippen LogP contribution in [0.3, 0.4) is 0 Å². The second kappa shape index (κ2) is 4.39. The standard InChI is InChI=1S/C12H15NO2S/c1-7-4-11(8(2)15-7)12(14)5-10-6-16-9(3)13-10/h4,6,12,14H,5H2,1-3H3. The number of aromatic nitrogens is 1. The van der Waals surface area contributed by atoms with E-state index in [2.05, 4.69) is 4.98 Å². The third kappa shape index (κ3) is 2.33. The van der Waals surface area contributed by atoms with E-state index in [4.69, 9.17) is 4.42 Å². The average molecular weight is 237 g/mol. The summed E-state index contributed by atoms with van der Waals surface area (Å²) in [5.74, 6) is 1.62. The topological polar surface area (TPSA) is 46.3 Å². The van der Waals surface area contributed by atoms with Crippen molar-refractivity contribution >= 4 is 11.3 Å². The van der Waals surface area contributed by atoms with Gasteiger partial charge in [-0.3, -0.25) is 0 Å². The fraction of sp³-hybridized carbons (Fsp3) is 0.417. The Labute approximate surface area is 98.8 Å². The largest absolute Gasteiger partial charge is 0.466 e. The van der Waals surface area contributed by atoms with E-state index in [0.717, 1.165) is 27.8 Å². The number of aliphatic hydroxyl groups excluding tert-OH is 1. The molecule has 1 unspecified atom stereocenters. The van der Waals surface area contributed by atoms with Gasteiger partial charge in [0.2, 0.25) is 0 Å². The summed E-state index contributed by atoms with van der Waals surface area (Å²) in [7, 11) is 0. The second-order valence-corrected chi connectivity index (χ2v) is 5.01. The number of hydrogen-bond donors (Lipinski definition) is 1. The van der Waals surface area contributed by atoms with Crippen molar-refractivity contribution in [3.8, 4) is 0 Å². The smallest absolute Gasteiger partial charge is 0.106 e. The van der Waals surface area contributed by atoms with E-state index in [0.29, 0.717) is 6.42 Å². The molecule has 0 aliphatic carbocycles.